The van der Waals surface area contributed by atoms with Gasteiger partial charge in [-0.15, -0.1) is 0 Å². The van der Waals surface area contributed by atoms with Gasteiger partial charge in [-0.1, -0.05) is 6.07 Å². The number of alkyl halides is 2. The van der Waals surface area contributed by atoms with Crippen LogP contribution in [-0.2, 0) is 6.42 Å². The quantitative estimate of drug-likeness (QED) is 0.654. The van der Waals surface area contributed by atoms with Crippen molar-refractivity contribution in [3.8, 4) is 17.2 Å². The Morgan fingerprint density at radius 3 is 2.44 bits per heavy atom. The number of hydrogen-bond donors (Lipinski definition) is 2. The molecular formula is C19H22F2N2O3S. The minimum atomic E-state index is -2.84. The predicted molar refractivity (Wildman–Crippen MR) is 105 cm³/mol. The van der Waals surface area contributed by atoms with Crippen LogP contribution in [0.4, 0.5) is 14.5 Å². The summed E-state index contributed by atoms with van der Waals surface area (Å²) in [6.45, 7) is -0.442. The average Bonchev–Trinajstić information content (AvgIpc) is 2.63. The third-order valence-corrected chi connectivity index (χ3v) is 4.06. The first-order valence-corrected chi connectivity index (χ1v) is 8.65. The molecule has 2 rings (SSSR count). The molecular weight excluding hydrogens is 374 g/mol. The van der Waals surface area contributed by atoms with Crippen molar-refractivity contribution >= 4 is 23.0 Å². The zero-order valence-electron chi connectivity index (χ0n) is 15.3. The van der Waals surface area contributed by atoms with E-state index in [-0.39, 0.29) is 5.75 Å². The van der Waals surface area contributed by atoms with Crippen molar-refractivity contribution in [1.82, 2.24) is 5.32 Å². The molecule has 0 atom stereocenters. The van der Waals surface area contributed by atoms with Crippen molar-refractivity contribution in [1.29, 1.82) is 0 Å². The highest BCUT2D eigenvalue weighted by molar-refractivity contribution is 7.80. The van der Waals surface area contributed by atoms with Crippen molar-refractivity contribution < 1.29 is 23.0 Å². The number of aryl methyl sites for hydroxylation is 1. The fourth-order valence-electron chi connectivity index (χ4n) is 2.48. The van der Waals surface area contributed by atoms with Crippen molar-refractivity contribution in [2.45, 2.75) is 20.0 Å². The van der Waals surface area contributed by atoms with E-state index in [1.165, 1.54) is 12.1 Å². The van der Waals surface area contributed by atoms with E-state index >= 15 is 0 Å². The Balaban J connectivity index is 1.86. The minimum Gasteiger partial charge on any atom is -0.493 e. The molecule has 0 spiro atoms. The predicted octanol–water partition coefficient (Wildman–Crippen LogP) is 4.14. The maximum atomic E-state index is 12.2. The van der Waals surface area contributed by atoms with E-state index in [0.717, 1.165) is 23.2 Å². The van der Waals surface area contributed by atoms with Gasteiger partial charge < -0.3 is 24.8 Å². The molecule has 8 heteroatoms. The molecule has 146 valence electrons. The summed E-state index contributed by atoms with van der Waals surface area (Å²) in [7, 11) is 3.19. The monoisotopic (exact) mass is 396 g/mol. The number of anilines is 1. The molecule has 2 aromatic rings. The minimum absolute atomic E-state index is 0.111. The summed E-state index contributed by atoms with van der Waals surface area (Å²) in [6, 6.07) is 10.4. The maximum absolute atomic E-state index is 12.2. The van der Waals surface area contributed by atoms with Crippen molar-refractivity contribution in [2.75, 3.05) is 26.1 Å². The van der Waals surface area contributed by atoms with Crippen LogP contribution in [-0.4, -0.2) is 32.5 Å². The van der Waals surface area contributed by atoms with E-state index in [4.69, 9.17) is 21.7 Å². The summed E-state index contributed by atoms with van der Waals surface area (Å²) < 4.78 is 39.4. The Kier molecular flexibility index (Phi) is 7.60. The highest BCUT2D eigenvalue weighted by Gasteiger charge is 2.08. The summed E-state index contributed by atoms with van der Waals surface area (Å²) in [5, 5.41) is 6.61. The zero-order valence-corrected chi connectivity index (χ0v) is 16.2. The van der Waals surface area contributed by atoms with Crippen molar-refractivity contribution in [3.63, 3.8) is 0 Å². The van der Waals surface area contributed by atoms with E-state index in [0.29, 0.717) is 23.2 Å². The Hall–Kier alpha value is -2.61. The Bertz CT molecular complexity index is 788. The molecule has 0 radical (unpaired) electrons. The molecule has 0 bridgehead atoms. The fourth-order valence-corrected chi connectivity index (χ4v) is 2.69. The SMILES string of the molecule is COc1ccc(CCNC(=S)Nc2ccc(OC(F)F)cc2C)cc1OC. The summed E-state index contributed by atoms with van der Waals surface area (Å²) in [5.41, 5.74) is 2.55. The van der Waals surface area contributed by atoms with Gasteiger partial charge in [-0.3, -0.25) is 0 Å². The molecule has 0 fully saturated rings. The number of rotatable bonds is 8. The standard InChI is InChI=1S/C19H22F2N2O3S/c1-12-10-14(26-18(20)21)5-6-15(12)23-19(27)22-9-8-13-4-7-16(24-2)17(11-13)25-3/h4-7,10-11,18H,8-9H2,1-3H3,(H2,22,23,27). The largest absolute Gasteiger partial charge is 0.493 e. The van der Waals surface area contributed by atoms with Gasteiger partial charge in [0, 0.05) is 12.2 Å². The third kappa shape index (κ3) is 6.25. The van der Waals surface area contributed by atoms with Crippen LogP contribution in [0.5, 0.6) is 17.2 Å². The molecule has 0 saturated heterocycles. The van der Waals surface area contributed by atoms with Crippen LogP contribution in [0.25, 0.3) is 0 Å². The Morgan fingerprint density at radius 2 is 1.81 bits per heavy atom. The summed E-state index contributed by atoms with van der Waals surface area (Å²) in [6.07, 6.45) is 0.738. The lowest BCUT2D eigenvalue weighted by molar-refractivity contribution is -0.0498. The molecule has 0 unspecified atom stereocenters. The molecule has 0 amide bonds. The number of nitrogens with one attached hydrogen (secondary N) is 2. The molecule has 0 heterocycles. The number of hydrogen-bond acceptors (Lipinski definition) is 4. The van der Waals surface area contributed by atoms with Crippen LogP contribution in [0.15, 0.2) is 36.4 Å². The Labute approximate surface area is 162 Å². The number of methoxy groups -OCH3 is 2. The molecule has 0 saturated carbocycles. The molecule has 0 aromatic heterocycles. The van der Waals surface area contributed by atoms with Gasteiger partial charge in [-0.05, 0) is 67.0 Å². The summed E-state index contributed by atoms with van der Waals surface area (Å²) in [5.74, 6) is 1.47. The van der Waals surface area contributed by atoms with Crippen LogP contribution in [0.3, 0.4) is 0 Å². The number of thiocarbonyl (C=S) groups is 1. The first-order valence-electron chi connectivity index (χ1n) is 8.24. The van der Waals surface area contributed by atoms with Crippen LogP contribution in [0, 0.1) is 6.92 Å². The maximum Gasteiger partial charge on any atom is 0.387 e. The van der Waals surface area contributed by atoms with Crippen LogP contribution < -0.4 is 24.8 Å². The number of halogens is 2. The van der Waals surface area contributed by atoms with E-state index in [9.17, 15) is 8.78 Å². The van der Waals surface area contributed by atoms with Crippen molar-refractivity contribution in [3.05, 3.63) is 47.5 Å². The smallest absolute Gasteiger partial charge is 0.387 e. The highest BCUT2D eigenvalue weighted by Crippen LogP contribution is 2.27. The number of benzene rings is 2. The molecule has 2 N–H and O–H groups in total. The van der Waals surface area contributed by atoms with Gasteiger partial charge in [-0.25, -0.2) is 0 Å². The number of ether oxygens (including phenoxy) is 3. The lowest BCUT2D eigenvalue weighted by Gasteiger charge is -2.14. The zero-order chi connectivity index (χ0) is 19.8. The second kappa shape index (κ2) is 9.91. The van der Waals surface area contributed by atoms with E-state index in [1.807, 2.05) is 18.2 Å². The molecule has 0 aliphatic heterocycles. The van der Waals surface area contributed by atoms with E-state index in [2.05, 4.69) is 15.4 Å². The molecule has 27 heavy (non-hydrogen) atoms. The van der Waals surface area contributed by atoms with E-state index < -0.39 is 6.61 Å². The molecule has 2 aromatic carbocycles. The van der Waals surface area contributed by atoms with E-state index in [1.54, 1.807) is 27.2 Å². The first-order chi connectivity index (χ1) is 12.9. The van der Waals surface area contributed by atoms with Crippen molar-refractivity contribution in [2.24, 2.45) is 0 Å². The second-order valence-electron chi connectivity index (χ2n) is 5.68. The van der Waals surface area contributed by atoms with Crippen LogP contribution in [0.2, 0.25) is 0 Å². The lowest BCUT2D eigenvalue weighted by atomic mass is 10.1. The van der Waals surface area contributed by atoms with Crippen LogP contribution in [0.1, 0.15) is 11.1 Å². The molecule has 5 nitrogen and oxygen atoms in total. The molecule has 0 aliphatic rings. The van der Waals surface area contributed by atoms with Gasteiger partial charge in [0.05, 0.1) is 14.2 Å². The summed E-state index contributed by atoms with van der Waals surface area (Å²) in [4.78, 5) is 0. The normalized spacial score (nSPS) is 10.4. The van der Waals surface area contributed by atoms with Gasteiger partial charge in [0.25, 0.3) is 0 Å². The van der Waals surface area contributed by atoms with Gasteiger partial charge in [-0.2, -0.15) is 8.78 Å². The molecule has 0 aliphatic carbocycles. The topological polar surface area (TPSA) is 51.8 Å². The average molecular weight is 396 g/mol. The van der Waals surface area contributed by atoms with Gasteiger partial charge in [0.15, 0.2) is 16.6 Å². The fraction of sp³-hybridized carbons (Fsp3) is 0.316. The van der Waals surface area contributed by atoms with Gasteiger partial charge in [0.2, 0.25) is 0 Å². The van der Waals surface area contributed by atoms with Gasteiger partial charge >= 0.3 is 6.61 Å². The van der Waals surface area contributed by atoms with Crippen LogP contribution >= 0.6 is 12.2 Å². The lowest BCUT2D eigenvalue weighted by Crippen LogP contribution is -2.30. The summed E-state index contributed by atoms with van der Waals surface area (Å²) >= 11 is 5.28. The highest BCUT2D eigenvalue weighted by atomic mass is 32.1. The van der Waals surface area contributed by atoms with Gasteiger partial charge in [0.1, 0.15) is 5.75 Å². The first kappa shape index (κ1) is 20.7. The Morgan fingerprint density at radius 1 is 1.07 bits per heavy atom. The third-order valence-electron chi connectivity index (χ3n) is 3.82. The second-order valence-corrected chi connectivity index (χ2v) is 6.08.